The molecule has 2 rings (SSSR count). The van der Waals surface area contributed by atoms with E-state index in [0.717, 1.165) is 30.8 Å². The second-order valence-corrected chi connectivity index (χ2v) is 5.13. The molecular weight excluding hydrogens is 280 g/mol. The van der Waals surface area contributed by atoms with Crippen LogP contribution in [-0.4, -0.2) is 31.8 Å². The van der Waals surface area contributed by atoms with Crippen molar-refractivity contribution in [2.45, 2.75) is 18.2 Å². The number of rotatable bonds is 4. The number of pyridine rings is 1. The highest BCUT2D eigenvalue weighted by atomic mass is 79.9. The van der Waals surface area contributed by atoms with Gasteiger partial charge in [-0.15, -0.1) is 0 Å². The molecule has 1 aliphatic heterocycles. The SMILES string of the molecule is COCC1CCCN(c2ccc(CBr)cn2)C1. The van der Waals surface area contributed by atoms with E-state index in [4.69, 9.17) is 4.74 Å². The summed E-state index contributed by atoms with van der Waals surface area (Å²) in [4.78, 5) is 6.89. The summed E-state index contributed by atoms with van der Waals surface area (Å²) >= 11 is 3.44. The maximum absolute atomic E-state index is 5.25. The van der Waals surface area contributed by atoms with E-state index < -0.39 is 0 Å². The number of anilines is 1. The zero-order valence-electron chi connectivity index (χ0n) is 10.2. The largest absolute Gasteiger partial charge is 0.384 e. The third-order valence-corrected chi connectivity index (χ3v) is 3.86. The lowest BCUT2D eigenvalue weighted by Gasteiger charge is -2.33. The number of piperidine rings is 1. The van der Waals surface area contributed by atoms with Gasteiger partial charge in [-0.2, -0.15) is 0 Å². The monoisotopic (exact) mass is 298 g/mol. The first-order valence-electron chi connectivity index (χ1n) is 6.08. The van der Waals surface area contributed by atoms with Crippen molar-refractivity contribution in [2.24, 2.45) is 5.92 Å². The fourth-order valence-electron chi connectivity index (χ4n) is 2.33. The molecule has 1 fully saturated rings. The van der Waals surface area contributed by atoms with Crippen LogP contribution < -0.4 is 4.90 Å². The number of alkyl halides is 1. The molecule has 0 aliphatic carbocycles. The molecular formula is C13H19BrN2O. The van der Waals surface area contributed by atoms with Crippen LogP contribution in [0.1, 0.15) is 18.4 Å². The molecule has 1 unspecified atom stereocenters. The van der Waals surface area contributed by atoms with Gasteiger partial charge in [-0.25, -0.2) is 4.98 Å². The standard InChI is InChI=1S/C13H19BrN2O/c1-17-10-12-3-2-6-16(9-12)13-5-4-11(7-14)8-15-13/h4-5,8,12H,2-3,6-7,9-10H2,1H3. The molecule has 0 radical (unpaired) electrons. The molecule has 17 heavy (non-hydrogen) atoms. The van der Waals surface area contributed by atoms with Gasteiger partial charge < -0.3 is 9.64 Å². The third-order valence-electron chi connectivity index (χ3n) is 3.21. The average molecular weight is 299 g/mol. The van der Waals surface area contributed by atoms with Crippen LogP contribution in [0.15, 0.2) is 18.3 Å². The van der Waals surface area contributed by atoms with Gasteiger partial charge >= 0.3 is 0 Å². The summed E-state index contributed by atoms with van der Waals surface area (Å²) in [5.41, 5.74) is 1.22. The number of hydrogen-bond donors (Lipinski definition) is 0. The molecule has 1 atom stereocenters. The Balaban J connectivity index is 2.00. The van der Waals surface area contributed by atoms with Gasteiger partial charge in [0.1, 0.15) is 5.82 Å². The number of halogens is 1. The lowest BCUT2D eigenvalue weighted by molar-refractivity contribution is 0.143. The molecule has 1 aliphatic rings. The Morgan fingerprint density at radius 2 is 2.41 bits per heavy atom. The average Bonchev–Trinajstić information content (AvgIpc) is 2.40. The fourth-order valence-corrected chi connectivity index (χ4v) is 2.66. The molecule has 0 spiro atoms. The van der Waals surface area contributed by atoms with Gasteiger partial charge in [-0.3, -0.25) is 0 Å². The first-order valence-corrected chi connectivity index (χ1v) is 7.20. The molecule has 0 bridgehead atoms. The number of methoxy groups -OCH3 is 1. The van der Waals surface area contributed by atoms with Crippen LogP contribution in [0.5, 0.6) is 0 Å². The molecule has 0 saturated carbocycles. The van der Waals surface area contributed by atoms with Crippen LogP contribution in [0.3, 0.4) is 0 Å². The predicted molar refractivity (Wildman–Crippen MR) is 73.7 cm³/mol. The van der Waals surface area contributed by atoms with E-state index in [0.29, 0.717) is 5.92 Å². The molecule has 2 heterocycles. The molecule has 1 aromatic heterocycles. The van der Waals surface area contributed by atoms with Crippen LogP contribution in [0, 0.1) is 5.92 Å². The Morgan fingerprint density at radius 3 is 3.06 bits per heavy atom. The summed E-state index contributed by atoms with van der Waals surface area (Å²) in [5.74, 6) is 1.74. The van der Waals surface area contributed by atoms with Gasteiger partial charge in [-0.05, 0) is 30.4 Å². The molecule has 0 aromatic carbocycles. The minimum Gasteiger partial charge on any atom is -0.384 e. The zero-order valence-corrected chi connectivity index (χ0v) is 11.8. The first-order chi connectivity index (χ1) is 8.33. The van der Waals surface area contributed by atoms with E-state index in [1.54, 1.807) is 7.11 Å². The molecule has 1 aromatic rings. The van der Waals surface area contributed by atoms with Gasteiger partial charge in [0, 0.05) is 31.7 Å². The van der Waals surface area contributed by atoms with Crippen LogP contribution >= 0.6 is 15.9 Å². The van der Waals surface area contributed by atoms with E-state index in [9.17, 15) is 0 Å². The van der Waals surface area contributed by atoms with Gasteiger partial charge in [0.05, 0.1) is 6.61 Å². The van der Waals surface area contributed by atoms with E-state index in [1.165, 1.54) is 18.4 Å². The van der Waals surface area contributed by atoms with Crippen molar-refractivity contribution in [1.29, 1.82) is 0 Å². The highest BCUT2D eigenvalue weighted by Crippen LogP contribution is 2.22. The lowest BCUT2D eigenvalue weighted by atomic mass is 9.99. The lowest BCUT2D eigenvalue weighted by Crippen LogP contribution is -2.37. The number of nitrogens with zero attached hydrogens (tertiary/aromatic N) is 2. The van der Waals surface area contributed by atoms with Gasteiger partial charge in [-0.1, -0.05) is 22.0 Å². The molecule has 0 amide bonds. The number of hydrogen-bond acceptors (Lipinski definition) is 3. The quantitative estimate of drug-likeness (QED) is 0.799. The molecule has 4 heteroatoms. The summed E-state index contributed by atoms with van der Waals surface area (Å²) < 4.78 is 5.25. The van der Waals surface area contributed by atoms with E-state index in [2.05, 4.69) is 37.9 Å². The molecule has 94 valence electrons. The van der Waals surface area contributed by atoms with Crippen LogP contribution in [0.2, 0.25) is 0 Å². The van der Waals surface area contributed by atoms with Gasteiger partial charge in [0.15, 0.2) is 0 Å². The minimum atomic E-state index is 0.645. The summed E-state index contributed by atoms with van der Waals surface area (Å²) in [6.45, 7) is 3.03. The Morgan fingerprint density at radius 1 is 1.53 bits per heavy atom. The Labute approximate surface area is 111 Å². The van der Waals surface area contributed by atoms with E-state index >= 15 is 0 Å². The first kappa shape index (κ1) is 12.8. The smallest absolute Gasteiger partial charge is 0.128 e. The van der Waals surface area contributed by atoms with Gasteiger partial charge in [0.2, 0.25) is 0 Å². The molecule has 0 N–H and O–H groups in total. The van der Waals surface area contributed by atoms with Crippen LogP contribution in [0.25, 0.3) is 0 Å². The molecule has 1 saturated heterocycles. The normalized spacial score (nSPS) is 20.6. The van der Waals surface area contributed by atoms with Crippen molar-refractivity contribution in [3.63, 3.8) is 0 Å². The highest BCUT2D eigenvalue weighted by Gasteiger charge is 2.20. The Bertz CT molecular complexity index is 340. The maximum Gasteiger partial charge on any atom is 0.128 e. The number of aromatic nitrogens is 1. The summed E-state index contributed by atoms with van der Waals surface area (Å²) in [5, 5.41) is 0.868. The van der Waals surface area contributed by atoms with Crippen molar-refractivity contribution < 1.29 is 4.74 Å². The summed E-state index contributed by atoms with van der Waals surface area (Å²) in [7, 11) is 1.78. The van der Waals surface area contributed by atoms with Crippen LogP contribution in [0.4, 0.5) is 5.82 Å². The van der Waals surface area contributed by atoms with Crippen molar-refractivity contribution in [3.8, 4) is 0 Å². The van der Waals surface area contributed by atoms with Crippen molar-refractivity contribution in [3.05, 3.63) is 23.9 Å². The Kier molecular flexibility index (Phi) is 4.80. The van der Waals surface area contributed by atoms with Crippen molar-refractivity contribution >= 4 is 21.7 Å². The highest BCUT2D eigenvalue weighted by molar-refractivity contribution is 9.08. The van der Waals surface area contributed by atoms with Crippen molar-refractivity contribution in [2.75, 3.05) is 31.7 Å². The third kappa shape index (κ3) is 3.42. The van der Waals surface area contributed by atoms with Gasteiger partial charge in [0.25, 0.3) is 0 Å². The number of ether oxygens (including phenoxy) is 1. The topological polar surface area (TPSA) is 25.4 Å². The van der Waals surface area contributed by atoms with Crippen LogP contribution in [-0.2, 0) is 10.1 Å². The van der Waals surface area contributed by atoms with E-state index in [-0.39, 0.29) is 0 Å². The molecule has 3 nitrogen and oxygen atoms in total. The van der Waals surface area contributed by atoms with Crippen molar-refractivity contribution in [1.82, 2.24) is 4.98 Å². The van der Waals surface area contributed by atoms with E-state index in [1.807, 2.05) is 6.20 Å². The second kappa shape index (κ2) is 6.36. The Hall–Kier alpha value is -0.610. The summed E-state index contributed by atoms with van der Waals surface area (Å²) in [6, 6.07) is 4.25. The maximum atomic E-state index is 5.25. The zero-order chi connectivity index (χ0) is 12.1. The minimum absolute atomic E-state index is 0.645. The predicted octanol–water partition coefficient (Wildman–Crippen LogP) is 2.84. The fraction of sp³-hybridized carbons (Fsp3) is 0.615. The second-order valence-electron chi connectivity index (χ2n) is 4.57. The summed E-state index contributed by atoms with van der Waals surface area (Å²) in [6.07, 6.45) is 4.45.